The standard InChI is InChI=1S/C25H26F2N4O4/c1-28-10-14-22-18(30-25(14)35-20-12-34-23-19(32)11-33-24(20)23)5-4-17(29-22)21-15(26)8-13(9-16(21)27)31-6-2-3-7-31/h4-5,8-10,19-20,23-24,30,32H,2-3,6-7,11-12H2,1H3/t19-,20-,23?,24-/m1/s1. The number of rotatable bonds is 5. The molecule has 1 aromatic carbocycles. The Labute approximate surface area is 200 Å². The number of nitrogens with one attached hydrogen (secondary N) is 1. The molecule has 3 saturated heterocycles. The van der Waals surface area contributed by atoms with Gasteiger partial charge in [0.2, 0.25) is 5.88 Å². The van der Waals surface area contributed by atoms with Crippen LogP contribution in [0.5, 0.6) is 5.88 Å². The Hall–Kier alpha value is -3.08. The van der Waals surface area contributed by atoms with Gasteiger partial charge in [0, 0.05) is 32.0 Å². The lowest BCUT2D eigenvalue weighted by atomic mass is 10.1. The van der Waals surface area contributed by atoms with Crippen molar-refractivity contribution in [2.75, 3.05) is 38.3 Å². The normalized spacial score (nSPS) is 26.3. The molecule has 0 saturated carbocycles. The van der Waals surface area contributed by atoms with Gasteiger partial charge in [-0.2, -0.15) is 0 Å². The van der Waals surface area contributed by atoms with Crippen molar-refractivity contribution in [3.05, 3.63) is 41.5 Å². The highest BCUT2D eigenvalue weighted by Crippen LogP contribution is 2.35. The van der Waals surface area contributed by atoms with Gasteiger partial charge >= 0.3 is 0 Å². The number of ether oxygens (including phenoxy) is 3. The van der Waals surface area contributed by atoms with Crippen molar-refractivity contribution < 1.29 is 28.1 Å². The predicted molar refractivity (Wildman–Crippen MR) is 126 cm³/mol. The lowest BCUT2D eigenvalue weighted by Crippen LogP contribution is -2.34. The molecular formula is C25H26F2N4O4. The van der Waals surface area contributed by atoms with Gasteiger partial charge in [-0.15, -0.1) is 0 Å². The summed E-state index contributed by atoms with van der Waals surface area (Å²) < 4.78 is 47.7. The van der Waals surface area contributed by atoms with E-state index in [1.807, 2.05) is 4.90 Å². The van der Waals surface area contributed by atoms with Crippen molar-refractivity contribution in [1.82, 2.24) is 9.97 Å². The van der Waals surface area contributed by atoms with E-state index in [0.29, 0.717) is 28.2 Å². The average Bonchev–Trinajstić information content (AvgIpc) is 3.62. The summed E-state index contributed by atoms with van der Waals surface area (Å²) in [6.45, 7) is 2.06. The number of aromatic nitrogens is 2. The van der Waals surface area contributed by atoms with Crippen LogP contribution in [0.25, 0.3) is 22.3 Å². The Kier molecular flexibility index (Phi) is 5.66. The Morgan fingerprint density at radius 1 is 1.14 bits per heavy atom. The van der Waals surface area contributed by atoms with Crippen LogP contribution in [-0.2, 0) is 9.47 Å². The number of anilines is 1. The molecule has 0 amide bonds. The minimum absolute atomic E-state index is 0.168. The molecule has 5 heterocycles. The Bertz CT molecular complexity index is 1270. The molecule has 35 heavy (non-hydrogen) atoms. The molecule has 3 aliphatic rings. The summed E-state index contributed by atoms with van der Waals surface area (Å²) in [5.41, 5.74) is 2.24. The maximum absolute atomic E-state index is 15.1. The van der Waals surface area contributed by atoms with Crippen LogP contribution in [0.2, 0.25) is 0 Å². The SMILES string of the molecule is CN=Cc1c(O[C@@H]2COC3[C@H](O)CO[C@@H]32)[nH]c2ccc(-c3c(F)cc(N4CCCC4)cc3F)nc12. The van der Waals surface area contributed by atoms with E-state index in [2.05, 4.69) is 15.0 Å². The minimum Gasteiger partial charge on any atom is -0.470 e. The molecule has 184 valence electrons. The Morgan fingerprint density at radius 2 is 1.89 bits per heavy atom. The van der Waals surface area contributed by atoms with Gasteiger partial charge in [0.05, 0.1) is 35.6 Å². The predicted octanol–water partition coefficient (Wildman–Crippen LogP) is 3.06. The zero-order chi connectivity index (χ0) is 24.1. The van der Waals surface area contributed by atoms with E-state index in [1.54, 1.807) is 25.4 Å². The Morgan fingerprint density at radius 3 is 2.63 bits per heavy atom. The summed E-state index contributed by atoms with van der Waals surface area (Å²) in [5.74, 6) is -0.898. The maximum Gasteiger partial charge on any atom is 0.203 e. The number of nitrogens with zero attached hydrogens (tertiary/aromatic N) is 3. The number of benzene rings is 1. The number of H-pyrrole nitrogens is 1. The summed E-state index contributed by atoms with van der Waals surface area (Å²) in [5, 5.41) is 9.99. The maximum atomic E-state index is 15.1. The topological polar surface area (TPSA) is 92.2 Å². The van der Waals surface area contributed by atoms with Crippen molar-refractivity contribution >= 4 is 22.9 Å². The van der Waals surface area contributed by atoms with Gasteiger partial charge in [-0.1, -0.05) is 0 Å². The fraction of sp³-hybridized carbons (Fsp3) is 0.440. The van der Waals surface area contributed by atoms with Crippen LogP contribution in [-0.4, -0.2) is 79.1 Å². The van der Waals surface area contributed by atoms with Gasteiger partial charge in [-0.3, -0.25) is 4.99 Å². The van der Waals surface area contributed by atoms with Gasteiger partial charge in [-0.05, 0) is 37.1 Å². The summed E-state index contributed by atoms with van der Waals surface area (Å²) in [7, 11) is 1.62. The van der Waals surface area contributed by atoms with Gasteiger partial charge in [0.15, 0.2) is 6.10 Å². The highest BCUT2D eigenvalue weighted by molar-refractivity contribution is 6.00. The van der Waals surface area contributed by atoms with Crippen molar-refractivity contribution in [1.29, 1.82) is 0 Å². The van der Waals surface area contributed by atoms with E-state index in [4.69, 9.17) is 14.2 Å². The molecule has 3 aromatic rings. The van der Waals surface area contributed by atoms with Gasteiger partial charge in [-0.25, -0.2) is 13.8 Å². The van der Waals surface area contributed by atoms with Crippen molar-refractivity contribution in [2.24, 2.45) is 4.99 Å². The molecule has 2 N–H and O–H groups in total. The summed E-state index contributed by atoms with van der Waals surface area (Å²) >= 11 is 0. The third kappa shape index (κ3) is 3.85. The molecule has 8 nitrogen and oxygen atoms in total. The number of aliphatic hydroxyl groups excluding tert-OH is 1. The fourth-order valence-corrected chi connectivity index (χ4v) is 5.20. The zero-order valence-electron chi connectivity index (χ0n) is 19.2. The molecule has 10 heteroatoms. The Balaban J connectivity index is 1.35. The van der Waals surface area contributed by atoms with E-state index in [-0.39, 0.29) is 30.6 Å². The van der Waals surface area contributed by atoms with Crippen molar-refractivity contribution in [2.45, 2.75) is 37.3 Å². The summed E-state index contributed by atoms with van der Waals surface area (Å²) in [6, 6.07) is 6.05. The molecule has 3 fully saturated rings. The van der Waals surface area contributed by atoms with E-state index >= 15 is 8.78 Å². The second-order valence-electron chi connectivity index (χ2n) is 9.15. The lowest BCUT2D eigenvalue weighted by Gasteiger charge is -2.18. The highest BCUT2D eigenvalue weighted by atomic mass is 19.1. The van der Waals surface area contributed by atoms with Crippen LogP contribution in [0.1, 0.15) is 18.4 Å². The summed E-state index contributed by atoms with van der Waals surface area (Å²) in [6.07, 6.45) is 1.70. The number of pyridine rings is 1. The third-order valence-electron chi connectivity index (χ3n) is 6.91. The molecule has 2 aromatic heterocycles. The number of fused-ring (bicyclic) bond motifs is 2. The first-order chi connectivity index (χ1) is 17.0. The molecule has 0 aliphatic carbocycles. The van der Waals surface area contributed by atoms with Crippen LogP contribution < -0.4 is 9.64 Å². The molecule has 6 rings (SSSR count). The quantitative estimate of drug-likeness (QED) is 0.541. The summed E-state index contributed by atoms with van der Waals surface area (Å²) in [4.78, 5) is 13.9. The lowest BCUT2D eigenvalue weighted by molar-refractivity contribution is 0.00792. The van der Waals surface area contributed by atoms with Crippen LogP contribution in [0.3, 0.4) is 0 Å². The largest absolute Gasteiger partial charge is 0.470 e. The number of hydrogen-bond acceptors (Lipinski definition) is 7. The second kappa shape index (κ2) is 8.85. The van der Waals surface area contributed by atoms with Gasteiger partial charge in [0.25, 0.3) is 0 Å². The number of halogens is 2. The van der Waals surface area contributed by atoms with Crippen molar-refractivity contribution in [3.8, 4) is 17.1 Å². The van der Waals surface area contributed by atoms with Crippen LogP contribution in [0, 0.1) is 11.6 Å². The number of hydrogen-bond donors (Lipinski definition) is 2. The number of aliphatic hydroxyl groups is 1. The second-order valence-corrected chi connectivity index (χ2v) is 9.15. The van der Waals surface area contributed by atoms with Crippen LogP contribution in [0.4, 0.5) is 14.5 Å². The zero-order valence-corrected chi connectivity index (χ0v) is 19.2. The first-order valence-electron chi connectivity index (χ1n) is 11.8. The highest BCUT2D eigenvalue weighted by Gasteiger charge is 2.48. The van der Waals surface area contributed by atoms with Crippen LogP contribution >= 0.6 is 0 Å². The monoisotopic (exact) mass is 484 g/mol. The molecular weight excluding hydrogens is 458 g/mol. The van der Waals surface area contributed by atoms with Crippen molar-refractivity contribution in [3.63, 3.8) is 0 Å². The smallest absolute Gasteiger partial charge is 0.203 e. The first-order valence-corrected chi connectivity index (χ1v) is 11.8. The molecule has 3 aliphatic heterocycles. The third-order valence-corrected chi connectivity index (χ3v) is 6.91. The first kappa shape index (κ1) is 22.4. The molecule has 0 radical (unpaired) electrons. The molecule has 0 bridgehead atoms. The fourth-order valence-electron chi connectivity index (χ4n) is 5.20. The van der Waals surface area contributed by atoms with Gasteiger partial charge < -0.3 is 29.2 Å². The van der Waals surface area contributed by atoms with Crippen LogP contribution in [0.15, 0.2) is 29.3 Å². The molecule has 1 unspecified atom stereocenters. The molecule has 4 atom stereocenters. The number of aliphatic imine (C=N–C) groups is 1. The molecule has 0 spiro atoms. The van der Waals surface area contributed by atoms with E-state index < -0.39 is 29.9 Å². The van der Waals surface area contributed by atoms with Gasteiger partial charge in [0.1, 0.15) is 35.5 Å². The average molecular weight is 485 g/mol. The van der Waals surface area contributed by atoms with E-state index in [1.165, 1.54) is 12.1 Å². The van der Waals surface area contributed by atoms with E-state index in [9.17, 15) is 5.11 Å². The number of aromatic amines is 1. The van der Waals surface area contributed by atoms with E-state index in [0.717, 1.165) is 25.9 Å². The minimum atomic E-state index is -0.682.